The van der Waals surface area contributed by atoms with Gasteiger partial charge in [-0.3, -0.25) is 19.7 Å². The number of thiophene rings is 1. The average Bonchev–Trinajstić information content (AvgIpc) is 3.28. The van der Waals surface area contributed by atoms with Crippen molar-refractivity contribution < 1.29 is 19.2 Å². The molecule has 0 saturated carbocycles. The lowest BCUT2D eigenvalue weighted by Crippen LogP contribution is -2.30. The molecule has 0 saturated heterocycles. The zero-order chi connectivity index (χ0) is 22.4. The van der Waals surface area contributed by atoms with Crippen molar-refractivity contribution in [2.45, 2.75) is 0 Å². The van der Waals surface area contributed by atoms with Crippen LogP contribution in [0.5, 0.6) is 5.75 Å². The van der Waals surface area contributed by atoms with Crippen LogP contribution in [-0.2, 0) is 4.79 Å². The number of halogens is 1. The summed E-state index contributed by atoms with van der Waals surface area (Å²) in [6, 6.07) is 13.7. The Bertz CT molecular complexity index is 1160. The van der Waals surface area contributed by atoms with Gasteiger partial charge in [0.1, 0.15) is 11.4 Å². The van der Waals surface area contributed by atoms with Crippen molar-refractivity contribution in [3.8, 4) is 5.75 Å². The smallest absolute Gasteiger partial charge is 0.272 e. The lowest BCUT2D eigenvalue weighted by atomic mass is 10.1. The minimum absolute atomic E-state index is 0.110. The molecule has 1 heterocycles. The molecule has 0 radical (unpaired) electrons. The zero-order valence-corrected chi connectivity index (χ0v) is 17.7. The highest BCUT2D eigenvalue weighted by molar-refractivity contribution is 7.12. The first-order valence-corrected chi connectivity index (χ1v) is 10.1. The van der Waals surface area contributed by atoms with E-state index >= 15 is 0 Å². The Labute approximate surface area is 186 Å². The van der Waals surface area contributed by atoms with E-state index < -0.39 is 16.7 Å². The van der Waals surface area contributed by atoms with Crippen LogP contribution in [0.25, 0.3) is 6.08 Å². The number of carbonyl (C=O) groups is 2. The lowest BCUT2D eigenvalue weighted by Gasteiger charge is -2.13. The van der Waals surface area contributed by atoms with Gasteiger partial charge in [-0.05, 0) is 41.3 Å². The van der Waals surface area contributed by atoms with Gasteiger partial charge in [-0.1, -0.05) is 29.8 Å². The van der Waals surface area contributed by atoms with E-state index in [0.29, 0.717) is 26.9 Å². The number of rotatable bonds is 7. The molecule has 1 aromatic heterocycles. The molecule has 31 heavy (non-hydrogen) atoms. The summed E-state index contributed by atoms with van der Waals surface area (Å²) in [6.45, 7) is 0. The van der Waals surface area contributed by atoms with Crippen LogP contribution < -0.4 is 15.4 Å². The van der Waals surface area contributed by atoms with E-state index in [1.165, 1.54) is 48.8 Å². The van der Waals surface area contributed by atoms with Crippen LogP contribution >= 0.6 is 22.9 Å². The van der Waals surface area contributed by atoms with Gasteiger partial charge in [0.25, 0.3) is 17.5 Å². The highest BCUT2D eigenvalue weighted by atomic mass is 35.5. The first-order chi connectivity index (χ1) is 14.9. The molecule has 0 aliphatic heterocycles. The first-order valence-electron chi connectivity index (χ1n) is 8.83. The number of anilines is 1. The number of hydrogen-bond acceptors (Lipinski definition) is 6. The van der Waals surface area contributed by atoms with Crippen molar-refractivity contribution in [3.63, 3.8) is 0 Å². The van der Waals surface area contributed by atoms with Gasteiger partial charge in [0.2, 0.25) is 0 Å². The van der Waals surface area contributed by atoms with Crippen molar-refractivity contribution >= 4 is 52.2 Å². The Morgan fingerprint density at radius 1 is 1.16 bits per heavy atom. The highest BCUT2D eigenvalue weighted by Crippen LogP contribution is 2.28. The first kappa shape index (κ1) is 22.0. The Hall–Kier alpha value is -3.69. The maximum Gasteiger partial charge on any atom is 0.272 e. The quantitative estimate of drug-likeness (QED) is 0.303. The molecule has 10 heteroatoms. The van der Waals surface area contributed by atoms with Crippen LogP contribution in [0, 0.1) is 10.1 Å². The Balaban J connectivity index is 1.96. The maximum absolute atomic E-state index is 13.0. The molecule has 2 aromatic carbocycles. The Morgan fingerprint density at radius 3 is 2.65 bits per heavy atom. The monoisotopic (exact) mass is 457 g/mol. The van der Waals surface area contributed by atoms with E-state index in [9.17, 15) is 19.7 Å². The fraction of sp³-hybridized carbons (Fsp3) is 0.0476. The van der Waals surface area contributed by atoms with Crippen molar-refractivity contribution in [2.24, 2.45) is 0 Å². The van der Waals surface area contributed by atoms with Gasteiger partial charge in [0.05, 0.1) is 22.6 Å². The highest BCUT2D eigenvalue weighted by Gasteiger charge is 2.18. The zero-order valence-electron chi connectivity index (χ0n) is 16.1. The van der Waals surface area contributed by atoms with Crippen LogP contribution in [0.4, 0.5) is 11.4 Å². The summed E-state index contributed by atoms with van der Waals surface area (Å²) in [5, 5.41) is 18.4. The van der Waals surface area contributed by atoms with Gasteiger partial charge in [-0.25, -0.2) is 0 Å². The molecule has 8 nitrogen and oxygen atoms in total. The number of hydrogen-bond donors (Lipinski definition) is 2. The molecule has 2 N–H and O–H groups in total. The summed E-state index contributed by atoms with van der Waals surface area (Å²) in [5.74, 6) is -0.770. The number of ether oxygens (including phenoxy) is 1. The van der Waals surface area contributed by atoms with Gasteiger partial charge in [0.15, 0.2) is 0 Å². The van der Waals surface area contributed by atoms with Gasteiger partial charge < -0.3 is 15.4 Å². The number of carbonyl (C=O) groups excluding carboxylic acids is 2. The third-order valence-electron chi connectivity index (χ3n) is 4.04. The van der Waals surface area contributed by atoms with E-state index in [-0.39, 0.29) is 11.4 Å². The summed E-state index contributed by atoms with van der Waals surface area (Å²) < 4.78 is 5.23. The van der Waals surface area contributed by atoms with E-state index in [1.807, 2.05) is 0 Å². The standard InChI is InChI=1S/C21H16ClN3O5S/c1-30-18-8-7-14(22)12-16(18)23-20(26)17(24-21(27)19-6-3-9-31-19)11-13-4-2-5-15(10-13)25(28)29/h2-12H,1H3,(H,23,26)(H,24,27). The van der Waals surface area contributed by atoms with E-state index in [4.69, 9.17) is 16.3 Å². The molecule has 0 bridgehead atoms. The third kappa shape index (κ3) is 5.68. The number of methoxy groups -OCH3 is 1. The van der Waals surface area contributed by atoms with Crippen molar-refractivity contribution in [2.75, 3.05) is 12.4 Å². The van der Waals surface area contributed by atoms with Crippen LogP contribution in [-0.4, -0.2) is 23.8 Å². The van der Waals surface area contributed by atoms with Gasteiger partial charge in [0, 0.05) is 17.2 Å². The number of nitro groups is 1. The Morgan fingerprint density at radius 2 is 1.97 bits per heavy atom. The predicted octanol–water partition coefficient (Wildman–Crippen LogP) is 4.73. The number of nitro benzene ring substituents is 1. The van der Waals surface area contributed by atoms with E-state index in [2.05, 4.69) is 10.6 Å². The third-order valence-corrected chi connectivity index (χ3v) is 5.14. The summed E-state index contributed by atoms with van der Waals surface area (Å²) in [6.07, 6.45) is 1.35. The topological polar surface area (TPSA) is 111 Å². The van der Waals surface area contributed by atoms with Gasteiger partial charge >= 0.3 is 0 Å². The molecular weight excluding hydrogens is 442 g/mol. The number of nitrogens with zero attached hydrogens (tertiary/aromatic N) is 1. The second kappa shape index (κ2) is 9.88. The molecule has 0 unspecified atom stereocenters. The largest absolute Gasteiger partial charge is 0.495 e. The number of nitrogens with one attached hydrogen (secondary N) is 2. The molecule has 0 spiro atoms. The maximum atomic E-state index is 13.0. The number of non-ortho nitro benzene ring substituents is 1. The summed E-state index contributed by atoms with van der Waals surface area (Å²) in [7, 11) is 1.44. The fourth-order valence-electron chi connectivity index (χ4n) is 2.61. The van der Waals surface area contributed by atoms with Crippen molar-refractivity contribution in [3.05, 3.63) is 91.3 Å². The van der Waals surface area contributed by atoms with Gasteiger partial charge in [-0.15, -0.1) is 11.3 Å². The predicted molar refractivity (Wildman–Crippen MR) is 119 cm³/mol. The normalized spacial score (nSPS) is 11.0. The van der Waals surface area contributed by atoms with Crippen LogP contribution in [0.1, 0.15) is 15.2 Å². The summed E-state index contributed by atoms with van der Waals surface area (Å²) >= 11 is 7.22. The van der Waals surface area contributed by atoms with Crippen molar-refractivity contribution in [1.82, 2.24) is 5.32 Å². The molecule has 0 fully saturated rings. The average molecular weight is 458 g/mol. The molecule has 0 atom stereocenters. The molecule has 158 valence electrons. The van der Waals surface area contributed by atoms with Gasteiger partial charge in [-0.2, -0.15) is 0 Å². The summed E-state index contributed by atoms with van der Waals surface area (Å²) in [4.78, 5) is 36.5. The molecule has 3 rings (SSSR count). The van der Waals surface area contributed by atoms with Crippen LogP contribution in [0.15, 0.2) is 65.7 Å². The molecule has 0 aliphatic rings. The molecule has 0 aliphatic carbocycles. The minimum atomic E-state index is -0.656. The molecule has 3 aromatic rings. The van der Waals surface area contributed by atoms with E-state index in [1.54, 1.807) is 35.7 Å². The molecule has 2 amide bonds. The van der Waals surface area contributed by atoms with Crippen molar-refractivity contribution in [1.29, 1.82) is 0 Å². The van der Waals surface area contributed by atoms with Crippen LogP contribution in [0.3, 0.4) is 0 Å². The number of benzene rings is 2. The number of amides is 2. The fourth-order valence-corrected chi connectivity index (χ4v) is 3.40. The minimum Gasteiger partial charge on any atom is -0.495 e. The lowest BCUT2D eigenvalue weighted by molar-refractivity contribution is -0.384. The second-order valence-corrected chi connectivity index (χ2v) is 7.52. The Kier molecular flexibility index (Phi) is 7.01. The second-order valence-electron chi connectivity index (χ2n) is 6.14. The molecular formula is C21H16ClN3O5S. The van der Waals surface area contributed by atoms with Crippen LogP contribution in [0.2, 0.25) is 5.02 Å². The summed E-state index contributed by atoms with van der Waals surface area (Å²) in [5.41, 5.74) is 0.412. The SMILES string of the molecule is COc1ccc(Cl)cc1NC(=O)C(=Cc1cccc([N+](=O)[O-])c1)NC(=O)c1cccs1. The van der Waals surface area contributed by atoms with E-state index in [0.717, 1.165) is 0 Å².